The molecule has 1 aliphatic rings. The first-order valence-corrected chi connectivity index (χ1v) is 9.58. The summed E-state index contributed by atoms with van der Waals surface area (Å²) in [6.45, 7) is 0. The van der Waals surface area contributed by atoms with Crippen molar-refractivity contribution in [2.75, 3.05) is 0 Å². The zero-order valence-electron chi connectivity index (χ0n) is 15.1. The molecule has 0 aliphatic heterocycles. The first-order valence-electron chi connectivity index (χ1n) is 9.58. The van der Waals surface area contributed by atoms with Crippen LogP contribution in [0.4, 0.5) is 0 Å². The van der Waals surface area contributed by atoms with E-state index in [1.54, 1.807) is 0 Å². The summed E-state index contributed by atoms with van der Waals surface area (Å²) < 4.78 is 2.28. The summed E-state index contributed by atoms with van der Waals surface area (Å²) in [6.07, 6.45) is 2.80. The Bertz CT molecular complexity index is 1590. The van der Waals surface area contributed by atoms with Crippen molar-refractivity contribution in [1.29, 1.82) is 0 Å². The molecule has 3 heterocycles. The van der Waals surface area contributed by atoms with Crippen LogP contribution in [0.5, 0.6) is 0 Å². The van der Waals surface area contributed by atoms with Gasteiger partial charge in [0.05, 0.1) is 11.0 Å². The van der Waals surface area contributed by atoms with E-state index in [1.807, 2.05) is 12.3 Å². The molecule has 0 amide bonds. The van der Waals surface area contributed by atoms with Gasteiger partial charge in [-0.1, -0.05) is 54.6 Å². The molecular formula is C25H15N3. The van der Waals surface area contributed by atoms with Crippen LogP contribution in [0.3, 0.4) is 0 Å². The predicted octanol–water partition coefficient (Wildman–Crippen LogP) is 5.76. The van der Waals surface area contributed by atoms with E-state index in [-0.39, 0.29) is 0 Å². The Hall–Kier alpha value is -3.72. The number of para-hydroxylation sites is 1. The number of nitrogens with zero attached hydrogens (tertiary/aromatic N) is 3. The minimum Gasteiger partial charge on any atom is -0.290 e. The maximum absolute atomic E-state index is 5.00. The van der Waals surface area contributed by atoms with Crippen molar-refractivity contribution in [3.63, 3.8) is 0 Å². The third kappa shape index (κ3) is 1.65. The molecule has 28 heavy (non-hydrogen) atoms. The summed E-state index contributed by atoms with van der Waals surface area (Å²) in [5, 5.41) is 3.74. The Morgan fingerprint density at radius 2 is 1.57 bits per heavy atom. The van der Waals surface area contributed by atoms with E-state index in [1.165, 1.54) is 43.9 Å². The molecule has 0 unspecified atom stereocenters. The number of rotatable bonds is 0. The molecule has 0 bridgehead atoms. The van der Waals surface area contributed by atoms with Gasteiger partial charge < -0.3 is 0 Å². The maximum Gasteiger partial charge on any atom is 0.178 e. The van der Waals surface area contributed by atoms with Gasteiger partial charge in [-0.2, -0.15) is 0 Å². The number of fused-ring (bicyclic) bond motifs is 12. The van der Waals surface area contributed by atoms with Gasteiger partial charge in [0, 0.05) is 17.0 Å². The molecule has 0 fully saturated rings. The van der Waals surface area contributed by atoms with Gasteiger partial charge in [-0.15, -0.1) is 0 Å². The van der Waals surface area contributed by atoms with E-state index in [9.17, 15) is 0 Å². The van der Waals surface area contributed by atoms with Gasteiger partial charge in [-0.25, -0.2) is 9.97 Å². The van der Waals surface area contributed by atoms with Crippen LogP contribution in [0.2, 0.25) is 0 Å². The molecule has 3 heteroatoms. The molecule has 130 valence electrons. The number of hydrogen-bond donors (Lipinski definition) is 0. The van der Waals surface area contributed by atoms with Gasteiger partial charge >= 0.3 is 0 Å². The van der Waals surface area contributed by atoms with Crippen molar-refractivity contribution in [2.24, 2.45) is 0 Å². The Balaban J connectivity index is 1.84. The fourth-order valence-corrected chi connectivity index (χ4v) is 4.90. The van der Waals surface area contributed by atoms with Crippen molar-refractivity contribution in [3.8, 4) is 11.1 Å². The van der Waals surface area contributed by atoms with E-state index < -0.39 is 0 Å². The Morgan fingerprint density at radius 3 is 2.57 bits per heavy atom. The lowest BCUT2D eigenvalue weighted by atomic mass is 9.96. The molecule has 3 aromatic heterocycles. The Morgan fingerprint density at radius 1 is 0.714 bits per heavy atom. The van der Waals surface area contributed by atoms with Crippen molar-refractivity contribution >= 4 is 38.5 Å². The van der Waals surface area contributed by atoms with E-state index in [0.29, 0.717) is 0 Å². The fourth-order valence-electron chi connectivity index (χ4n) is 4.90. The van der Waals surface area contributed by atoms with Gasteiger partial charge in [0.1, 0.15) is 5.65 Å². The lowest BCUT2D eigenvalue weighted by Gasteiger charge is -2.13. The van der Waals surface area contributed by atoms with Crippen LogP contribution >= 0.6 is 0 Å². The molecule has 0 saturated heterocycles. The smallest absolute Gasteiger partial charge is 0.178 e. The van der Waals surface area contributed by atoms with Crippen LogP contribution in [-0.4, -0.2) is 14.4 Å². The van der Waals surface area contributed by atoms with E-state index >= 15 is 0 Å². The summed E-state index contributed by atoms with van der Waals surface area (Å²) in [5.74, 6) is 0. The molecule has 0 radical (unpaired) electrons. The van der Waals surface area contributed by atoms with Gasteiger partial charge in [0.15, 0.2) is 5.65 Å². The second kappa shape index (κ2) is 4.96. The summed E-state index contributed by atoms with van der Waals surface area (Å²) >= 11 is 0. The molecule has 0 N–H and O–H groups in total. The van der Waals surface area contributed by atoms with Crippen LogP contribution in [-0.2, 0) is 6.42 Å². The van der Waals surface area contributed by atoms with Gasteiger partial charge in [-0.05, 0) is 52.3 Å². The van der Waals surface area contributed by atoms with E-state index in [0.717, 1.165) is 23.2 Å². The summed E-state index contributed by atoms with van der Waals surface area (Å²) in [6, 6.07) is 26.0. The summed E-state index contributed by atoms with van der Waals surface area (Å²) in [7, 11) is 0. The van der Waals surface area contributed by atoms with Crippen LogP contribution in [0.25, 0.3) is 49.6 Å². The molecule has 3 nitrogen and oxygen atoms in total. The highest BCUT2D eigenvalue weighted by Gasteiger charge is 2.24. The standard InChI is InChI=1S/C25H15N3/c1-2-7-17-15(6-1)14-16-11-12-19-18-8-3-4-9-20(18)28-21-10-5-13-26-24(21)27-25(28)23(19)22(16)17/h1-13H,14H2. The highest BCUT2D eigenvalue weighted by Crippen LogP contribution is 2.44. The summed E-state index contributed by atoms with van der Waals surface area (Å²) in [4.78, 5) is 9.53. The molecule has 0 spiro atoms. The summed E-state index contributed by atoms with van der Waals surface area (Å²) in [5.41, 5.74) is 9.46. The Kier molecular flexibility index (Phi) is 2.54. The van der Waals surface area contributed by atoms with E-state index in [2.05, 4.69) is 76.1 Å². The topological polar surface area (TPSA) is 30.2 Å². The van der Waals surface area contributed by atoms with E-state index in [4.69, 9.17) is 4.98 Å². The molecule has 0 atom stereocenters. The maximum atomic E-state index is 5.00. The zero-order chi connectivity index (χ0) is 18.2. The van der Waals surface area contributed by atoms with Crippen molar-refractivity contribution < 1.29 is 0 Å². The highest BCUT2D eigenvalue weighted by molar-refractivity contribution is 6.19. The lowest BCUT2D eigenvalue weighted by Crippen LogP contribution is -1.93. The molecule has 6 aromatic rings. The molecule has 1 aliphatic carbocycles. The van der Waals surface area contributed by atoms with Crippen molar-refractivity contribution in [2.45, 2.75) is 6.42 Å². The SMILES string of the molecule is c1ccc2c(c1)Cc1ccc3c4ccccc4n4c5cccnc5nc4c3c1-2. The van der Waals surface area contributed by atoms with Gasteiger partial charge in [0.2, 0.25) is 0 Å². The average Bonchev–Trinajstić information content (AvgIpc) is 3.32. The fraction of sp³-hybridized carbons (Fsp3) is 0.0400. The third-order valence-corrected chi connectivity index (χ3v) is 6.05. The zero-order valence-corrected chi connectivity index (χ0v) is 15.1. The second-order valence-corrected chi connectivity index (χ2v) is 7.49. The van der Waals surface area contributed by atoms with Crippen LogP contribution in [0, 0.1) is 0 Å². The molecule has 7 rings (SSSR count). The van der Waals surface area contributed by atoms with Crippen LogP contribution in [0.1, 0.15) is 11.1 Å². The third-order valence-electron chi connectivity index (χ3n) is 6.05. The number of benzene rings is 3. The molecular weight excluding hydrogens is 342 g/mol. The quantitative estimate of drug-likeness (QED) is 0.323. The van der Waals surface area contributed by atoms with Gasteiger partial charge in [-0.3, -0.25) is 4.40 Å². The van der Waals surface area contributed by atoms with Crippen molar-refractivity contribution in [3.05, 3.63) is 90.1 Å². The first-order chi connectivity index (χ1) is 13.9. The van der Waals surface area contributed by atoms with Crippen LogP contribution < -0.4 is 0 Å². The number of hydrogen-bond acceptors (Lipinski definition) is 2. The largest absolute Gasteiger partial charge is 0.290 e. The Labute approximate surface area is 160 Å². The minimum atomic E-state index is 0.795. The monoisotopic (exact) mass is 357 g/mol. The normalized spacial score (nSPS) is 12.9. The number of imidazole rings is 1. The first kappa shape index (κ1) is 14.4. The minimum absolute atomic E-state index is 0.795. The van der Waals surface area contributed by atoms with Gasteiger partial charge in [0.25, 0.3) is 0 Å². The average molecular weight is 357 g/mol. The molecule has 3 aromatic carbocycles. The van der Waals surface area contributed by atoms with Crippen molar-refractivity contribution in [1.82, 2.24) is 14.4 Å². The predicted molar refractivity (Wildman–Crippen MR) is 114 cm³/mol. The molecule has 0 saturated carbocycles. The number of pyridine rings is 2. The number of aromatic nitrogens is 3. The van der Waals surface area contributed by atoms with Crippen LogP contribution in [0.15, 0.2) is 79.0 Å². The second-order valence-electron chi connectivity index (χ2n) is 7.49. The highest BCUT2D eigenvalue weighted by atomic mass is 15.1. The lowest BCUT2D eigenvalue weighted by molar-refractivity contribution is 1.26.